The summed E-state index contributed by atoms with van der Waals surface area (Å²) in [5.41, 5.74) is 0.160. The molecule has 1 atom stereocenters. The highest BCUT2D eigenvalue weighted by molar-refractivity contribution is 6.03. The minimum Gasteiger partial charge on any atom is -0.497 e. The number of carbonyl (C=O) groups excluding carboxylic acids is 2. The smallest absolute Gasteiger partial charge is 0.360 e. The number of nitrogens with one attached hydrogen (secondary N) is 1. The number of aryl methyl sites for hydroxylation is 1. The Balaban J connectivity index is 1.79. The van der Waals surface area contributed by atoms with Gasteiger partial charge in [-0.3, -0.25) is 9.59 Å². The molecule has 0 aliphatic carbocycles. The number of fused-ring (bicyclic) bond motifs is 1. The van der Waals surface area contributed by atoms with Gasteiger partial charge in [-0.05, 0) is 25.1 Å². The molecule has 0 fully saturated rings. The fourth-order valence-electron chi connectivity index (χ4n) is 2.67. The summed E-state index contributed by atoms with van der Waals surface area (Å²) >= 11 is 0. The number of esters is 1. The van der Waals surface area contributed by atoms with Crippen LogP contribution in [0.2, 0.25) is 0 Å². The lowest BCUT2D eigenvalue weighted by molar-refractivity contribution is -0.123. The number of ether oxygens (including phenoxy) is 2. The van der Waals surface area contributed by atoms with E-state index in [4.69, 9.17) is 9.47 Å². The van der Waals surface area contributed by atoms with Crippen LogP contribution < -0.4 is 15.6 Å². The van der Waals surface area contributed by atoms with Crippen molar-refractivity contribution in [1.82, 2.24) is 9.78 Å². The van der Waals surface area contributed by atoms with Crippen molar-refractivity contribution in [1.29, 1.82) is 0 Å². The zero-order chi connectivity index (χ0) is 20.3. The first-order chi connectivity index (χ1) is 13.4. The van der Waals surface area contributed by atoms with Crippen LogP contribution in [0, 0.1) is 0 Å². The Labute approximate surface area is 160 Å². The summed E-state index contributed by atoms with van der Waals surface area (Å²) in [7, 11) is 2.97. The lowest BCUT2D eigenvalue weighted by atomic mass is 10.1. The molecule has 1 heterocycles. The van der Waals surface area contributed by atoms with Crippen LogP contribution in [0.3, 0.4) is 0 Å². The Kier molecular flexibility index (Phi) is 5.39. The predicted molar refractivity (Wildman–Crippen MR) is 103 cm³/mol. The van der Waals surface area contributed by atoms with Crippen molar-refractivity contribution in [3.05, 3.63) is 64.6 Å². The van der Waals surface area contributed by atoms with Gasteiger partial charge in [0.2, 0.25) is 0 Å². The van der Waals surface area contributed by atoms with Crippen molar-refractivity contribution < 1.29 is 19.1 Å². The fraction of sp³-hybridized carbons (Fsp3) is 0.200. The van der Waals surface area contributed by atoms with E-state index in [-0.39, 0.29) is 11.3 Å². The summed E-state index contributed by atoms with van der Waals surface area (Å²) in [5, 5.41) is 7.38. The first kappa shape index (κ1) is 19.1. The second-order valence-corrected chi connectivity index (χ2v) is 6.09. The quantitative estimate of drug-likeness (QED) is 0.680. The van der Waals surface area contributed by atoms with Gasteiger partial charge in [-0.15, -0.1) is 0 Å². The van der Waals surface area contributed by atoms with E-state index in [9.17, 15) is 14.4 Å². The van der Waals surface area contributed by atoms with E-state index in [0.29, 0.717) is 22.2 Å². The van der Waals surface area contributed by atoms with Crippen LogP contribution in [-0.2, 0) is 16.6 Å². The predicted octanol–water partition coefficient (Wildman–Crippen LogP) is 2.13. The molecule has 1 amide bonds. The fourth-order valence-corrected chi connectivity index (χ4v) is 2.67. The molecule has 1 aromatic heterocycles. The standard InChI is InChI=1S/C20H19N3O5/c1-12(18(24)21-13-7-6-8-14(11-13)27-3)28-20(26)17-15-9-4-5-10-16(15)19(25)23(2)22-17/h4-12H,1-3H3,(H,21,24)/t12-/m0/s1. The van der Waals surface area contributed by atoms with Gasteiger partial charge in [-0.2, -0.15) is 5.10 Å². The molecule has 8 heteroatoms. The summed E-state index contributed by atoms with van der Waals surface area (Å²) in [6.45, 7) is 1.46. The number of anilines is 1. The SMILES string of the molecule is COc1cccc(NC(=O)[C@H](C)OC(=O)c2nn(C)c(=O)c3ccccc23)c1. The molecule has 0 aliphatic rings. The molecule has 0 bridgehead atoms. The summed E-state index contributed by atoms with van der Waals surface area (Å²) in [6.07, 6.45) is -1.07. The number of hydrogen-bond donors (Lipinski definition) is 1. The Morgan fingerprint density at radius 1 is 1.11 bits per heavy atom. The van der Waals surface area contributed by atoms with E-state index in [2.05, 4.69) is 10.4 Å². The molecule has 3 aromatic rings. The lowest BCUT2D eigenvalue weighted by Crippen LogP contribution is -2.31. The number of amides is 1. The molecular weight excluding hydrogens is 362 g/mol. The van der Waals surface area contributed by atoms with Gasteiger partial charge in [0.15, 0.2) is 11.8 Å². The normalized spacial score (nSPS) is 11.7. The molecule has 8 nitrogen and oxygen atoms in total. The number of methoxy groups -OCH3 is 1. The van der Waals surface area contributed by atoms with Crippen molar-refractivity contribution in [3.8, 4) is 5.75 Å². The van der Waals surface area contributed by atoms with Crippen molar-refractivity contribution in [3.63, 3.8) is 0 Å². The van der Waals surface area contributed by atoms with Gasteiger partial charge in [-0.25, -0.2) is 9.48 Å². The molecule has 0 unspecified atom stereocenters. The molecule has 3 rings (SSSR count). The molecule has 0 radical (unpaired) electrons. The van der Waals surface area contributed by atoms with E-state index >= 15 is 0 Å². The summed E-state index contributed by atoms with van der Waals surface area (Å²) in [4.78, 5) is 37.1. The van der Waals surface area contributed by atoms with Crippen LogP contribution in [0.1, 0.15) is 17.4 Å². The third-order valence-corrected chi connectivity index (χ3v) is 4.14. The Hall–Kier alpha value is -3.68. The first-order valence-corrected chi connectivity index (χ1v) is 8.52. The van der Waals surface area contributed by atoms with Crippen LogP contribution in [-0.4, -0.2) is 34.9 Å². The Bertz CT molecular complexity index is 1110. The van der Waals surface area contributed by atoms with Gasteiger partial charge in [0.1, 0.15) is 5.75 Å². The Morgan fingerprint density at radius 2 is 1.82 bits per heavy atom. The number of carbonyl (C=O) groups is 2. The van der Waals surface area contributed by atoms with Crippen molar-refractivity contribution in [2.75, 3.05) is 12.4 Å². The van der Waals surface area contributed by atoms with Crippen molar-refractivity contribution >= 4 is 28.3 Å². The molecule has 0 aliphatic heterocycles. The molecule has 1 N–H and O–H groups in total. The first-order valence-electron chi connectivity index (χ1n) is 8.52. The molecule has 0 saturated carbocycles. The summed E-state index contributed by atoms with van der Waals surface area (Å²) in [6, 6.07) is 13.4. The lowest BCUT2D eigenvalue weighted by Gasteiger charge is -2.14. The highest BCUT2D eigenvalue weighted by Gasteiger charge is 2.23. The van der Waals surface area contributed by atoms with Crippen LogP contribution in [0.5, 0.6) is 5.75 Å². The van der Waals surface area contributed by atoms with Crippen LogP contribution in [0.15, 0.2) is 53.3 Å². The molecule has 28 heavy (non-hydrogen) atoms. The van der Waals surface area contributed by atoms with Crippen LogP contribution in [0.4, 0.5) is 5.69 Å². The van der Waals surface area contributed by atoms with Gasteiger partial charge >= 0.3 is 5.97 Å². The maximum atomic E-state index is 12.6. The average Bonchev–Trinajstić information content (AvgIpc) is 2.70. The number of aromatic nitrogens is 2. The van der Waals surface area contributed by atoms with E-state index in [1.54, 1.807) is 48.5 Å². The molecule has 0 saturated heterocycles. The second-order valence-electron chi connectivity index (χ2n) is 6.09. The van der Waals surface area contributed by atoms with Crippen LogP contribution in [0.25, 0.3) is 10.8 Å². The minimum atomic E-state index is -1.07. The van der Waals surface area contributed by atoms with E-state index in [1.807, 2.05) is 0 Å². The molecule has 144 valence electrons. The Morgan fingerprint density at radius 3 is 2.54 bits per heavy atom. The van der Waals surface area contributed by atoms with E-state index < -0.39 is 18.0 Å². The monoisotopic (exact) mass is 381 g/mol. The third kappa shape index (κ3) is 3.85. The van der Waals surface area contributed by atoms with Gasteiger partial charge in [-0.1, -0.05) is 24.3 Å². The van der Waals surface area contributed by atoms with Gasteiger partial charge < -0.3 is 14.8 Å². The molecule has 2 aromatic carbocycles. The number of nitrogens with zero attached hydrogens (tertiary/aromatic N) is 2. The van der Waals surface area contributed by atoms with Crippen molar-refractivity contribution in [2.45, 2.75) is 13.0 Å². The largest absolute Gasteiger partial charge is 0.497 e. The third-order valence-electron chi connectivity index (χ3n) is 4.14. The molecular formula is C20H19N3O5. The topological polar surface area (TPSA) is 99.5 Å². The average molecular weight is 381 g/mol. The maximum absolute atomic E-state index is 12.6. The minimum absolute atomic E-state index is 0.0290. The van der Waals surface area contributed by atoms with Gasteiger partial charge in [0, 0.05) is 24.2 Å². The summed E-state index contributed by atoms with van der Waals surface area (Å²) < 4.78 is 11.4. The zero-order valence-corrected chi connectivity index (χ0v) is 15.6. The van der Waals surface area contributed by atoms with E-state index in [1.165, 1.54) is 21.1 Å². The summed E-state index contributed by atoms with van der Waals surface area (Å²) in [5.74, 6) is -0.709. The molecule has 0 spiro atoms. The highest BCUT2D eigenvalue weighted by atomic mass is 16.5. The number of benzene rings is 2. The second kappa shape index (κ2) is 7.91. The zero-order valence-electron chi connectivity index (χ0n) is 15.6. The van der Waals surface area contributed by atoms with Crippen molar-refractivity contribution in [2.24, 2.45) is 7.05 Å². The van der Waals surface area contributed by atoms with Gasteiger partial charge in [0.25, 0.3) is 11.5 Å². The number of rotatable bonds is 5. The van der Waals surface area contributed by atoms with Crippen LogP contribution >= 0.6 is 0 Å². The maximum Gasteiger partial charge on any atom is 0.360 e. The van der Waals surface area contributed by atoms with E-state index in [0.717, 1.165) is 4.68 Å². The number of hydrogen-bond acceptors (Lipinski definition) is 6. The van der Waals surface area contributed by atoms with Gasteiger partial charge in [0.05, 0.1) is 12.5 Å². The highest BCUT2D eigenvalue weighted by Crippen LogP contribution is 2.18.